The predicted molar refractivity (Wildman–Crippen MR) is 109 cm³/mol. The summed E-state index contributed by atoms with van der Waals surface area (Å²) in [6.07, 6.45) is 0. The van der Waals surface area contributed by atoms with Crippen LogP contribution in [0.2, 0.25) is 5.02 Å². The van der Waals surface area contributed by atoms with Crippen molar-refractivity contribution in [3.05, 3.63) is 58.6 Å². The summed E-state index contributed by atoms with van der Waals surface area (Å²) in [5, 5.41) is 6.98. The first-order valence-electron chi connectivity index (χ1n) is 7.71. The van der Waals surface area contributed by atoms with Crippen molar-refractivity contribution in [2.45, 2.75) is 19.8 Å². The molecule has 0 aliphatic heterocycles. The van der Waals surface area contributed by atoms with Crippen LogP contribution in [0.3, 0.4) is 0 Å². The minimum absolute atomic E-state index is 0.202. The molecule has 0 radical (unpaired) electrons. The van der Waals surface area contributed by atoms with Crippen molar-refractivity contribution in [3.8, 4) is 0 Å². The molecule has 7 heteroatoms. The summed E-state index contributed by atoms with van der Waals surface area (Å²) in [5.41, 5.74) is 2.46. The molecule has 25 heavy (non-hydrogen) atoms. The maximum atomic E-state index is 12.3. The number of aromatic nitrogens is 1. The first-order chi connectivity index (χ1) is 11.9. The third-order valence-electron chi connectivity index (χ3n) is 3.66. The molecule has 3 rings (SSSR count). The van der Waals surface area contributed by atoms with E-state index in [4.69, 9.17) is 23.8 Å². The van der Waals surface area contributed by atoms with E-state index < -0.39 is 0 Å². The highest BCUT2D eigenvalue weighted by atomic mass is 35.5. The summed E-state index contributed by atoms with van der Waals surface area (Å²) in [6.45, 7) is 4.22. The third kappa shape index (κ3) is 4.15. The minimum Gasteiger partial charge on any atom is -0.308 e. The van der Waals surface area contributed by atoms with E-state index >= 15 is 0 Å². The lowest BCUT2D eigenvalue weighted by Crippen LogP contribution is -2.34. The maximum Gasteiger partial charge on any atom is 0.257 e. The Morgan fingerprint density at radius 3 is 2.56 bits per heavy atom. The number of nitrogens with one attached hydrogen (secondary N) is 2. The molecule has 128 valence electrons. The predicted octanol–water partition coefficient (Wildman–Crippen LogP) is 5.20. The fourth-order valence-corrected chi connectivity index (χ4v) is 3.72. The number of carbonyl (C=O) groups excluding carboxylic acids is 1. The Morgan fingerprint density at radius 2 is 1.92 bits per heavy atom. The second kappa shape index (κ2) is 7.47. The van der Waals surface area contributed by atoms with E-state index in [-0.39, 0.29) is 11.0 Å². The van der Waals surface area contributed by atoms with Crippen LogP contribution in [-0.4, -0.2) is 16.0 Å². The zero-order valence-corrected chi connectivity index (χ0v) is 16.1. The number of benzene rings is 2. The lowest BCUT2D eigenvalue weighted by Gasteiger charge is -2.09. The number of hydrogen-bond acceptors (Lipinski definition) is 4. The SMILES string of the molecule is CC(C)c1ccc(C(=O)NC(=S)Nc2nc3c(Cl)cccc3s2)cc1. The van der Waals surface area contributed by atoms with Gasteiger partial charge in [0.15, 0.2) is 10.2 Å². The summed E-state index contributed by atoms with van der Waals surface area (Å²) in [4.78, 5) is 16.7. The summed E-state index contributed by atoms with van der Waals surface area (Å²) in [5.74, 6) is 0.165. The van der Waals surface area contributed by atoms with Crippen LogP contribution >= 0.6 is 35.2 Å². The van der Waals surface area contributed by atoms with Crippen LogP contribution in [0.5, 0.6) is 0 Å². The van der Waals surface area contributed by atoms with Gasteiger partial charge in [-0.2, -0.15) is 0 Å². The number of para-hydroxylation sites is 1. The molecule has 0 aliphatic rings. The smallest absolute Gasteiger partial charge is 0.257 e. The fraction of sp³-hybridized carbons (Fsp3) is 0.167. The summed E-state index contributed by atoms with van der Waals surface area (Å²) < 4.78 is 0.952. The molecule has 0 fully saturated rings. The molecular formula is C18H16ClN3OS2. The zero-order chi connectivity index (χ0) is 18.0. The number of fused-ring (bicyclic) bond motifs is 1. The van der Waals surface area contributed by atoms with Gasteiger partial charge in [0, 0.05) is 5.56 Å². The van der Waals surface area contributed by atoms with Crippen molar-refractivity contribution >= 4 is 61.5 Å². The maximum absolute atomic E-state index is 12.3. The Bertz CT molecular complexity index is 935. The van der Waals surface area contributed by atoms with Crippen molar-refractivity contribution in [1.82, 2.24) is 10.3 Å². The fourth-order valence-electron chi connectivity index (χ4n) is 2.29. The average Bonchev–Trinajstić information content (AvgIpc) is 2.98. The van der Waals surface area contributed by atoms with Crippen LogP contribution in [0.4, 0.5) is 5.13 Å². The summed E-state index contributed by atoms with van der Waals surface area (Å²) in [6, 6.07) is 13.1. The van der Waals surface area contributed by atoms with E-state index in [1.54, 1.807) is 18.2 Å². The minimum atomic E-state index is -0.257. The van der Waals surface area contributed by atoms with Crippen molar-refractivity contribution in [1.29, 1.82) is 0 Å². The molecule has 1 amide bonds. The highest BCUT2D eigenvalue weighted by Crippen LogP contribution is 2.30. The second-order valence-electron chi connectivity index (χ2n) is 5.79. The van der Waals surface area contributed by atoms with Crippen LogP contribution < -0.4 is 10.6 Å². The number of halogens is 1. The van der Waals surface area contributed by atoms with Crippen LogP contribution in [0, 0.1) is 0 Å². The highest BCUT2D eigenvalue weighted by Gasteiger charge is 2.11. The molecule has 0 unspecified atom stereocenters. The van der Waals surface area contributed by atoms with Crippen molar-refractivity contribution < 1.29 is 4.79 Å². The number of amides is 1. The molecule has 1 aromatic heterocycles. The molecule has 2 N–H and O–H groups in total. The topological polar surface area (TPSA) is 54.0 Å². The van der Waals surface area contributed by atoms with Gasteiger partial charge in [-0.25, -0.2) is 4.98 Å². The molecule has 0 bridgehead atoms. The normalized spacial score (nSPS) is 10.9. The quantitative estimate of drug-likeness (QED) is 0.604. The molecule has 0 saturated heterocycles. The third-order valence-corrected chi connectivity index (χ3v) is 5.10. The monoisotopic (exact) mass is 389 g/mol. The van der Waals surface area contributed by atoms with Gasteiger partial charge in [-0.15, -0.1) is 0 Å². The van der Waals surface area contributed by atoms with E-state index in [1.807, 2.05) is 24.3 Å². The zero-order valence-electron chi connectivity index (χ0n) is 13.7. The number of carbonyl (C=O) groups is 1. The first-order valence-corrected chi connectivity index (χ1v) is 9.31. The molecule has 0 aliphatic carbocycles. The van der Waals surface area contributed by atoms with Gasteiger partial charge in [0.1, 0.15) is 5.52 Å². The standard InChI is InChI=1S/C18H16ClN3OS2/c1-10(2)11-6-8-12(9-7-11)16(23)21-17(24)22-18-20-15-13(19)4-3-5-14(15)25-18/h3-10H,1-2H3,(H2,20,21,22,23,24). The number of anilines is 1. The van der Waals surface area contributed by atoms with Gasteiger partial charge in [0.25, 0.3) is 5.91 Å². The van der Waals surface area contributed by atoms with Crippen molar-refractivity contribution in [2.75, 3.05) is 5.32 Å². The number of hydrogen-bond donors (Lipinski definition) is 2. The van der Waals surface area contributed by atoms with E-state index in [9.17, 15) is 4.79 Å². The van der Waals surface area contributed by atoms with E-state index in [0.717, 1.165) is 10.2 Å². The van der Waals surface area contributed by atoms with Crippen molar-refractivity contribution in [2.24, 2.45) is 0 Å². The van der Waals surface area contributed by atoms with Gasteiger partial charge >= 0.3 is 0 Å². The highest BCUT2D eigenvalue weighted by molar-refractivity contribution is 7.80. The van der Waals surface area contributed by atoms with E-state index in [2.05, 4.69) is 29.5 Å². The van der Waals surface area contributed by atoms with Crippen LogP contribution in [0.15, 0.2) is 42.5 Å². The van der Waals surface area contributed by atoms with Crippen molar-refractivity contribution in [3.63, 3.8) is 0 Å². The molecule has 1 heterocycles. The molecular weight excluding hydrogens is 374 g/mol. The Kier molecular flexibility index (Phi) is 5.32. The Morgan fingerprint density at radius 1 is 1.20 bits per heavy atom. The number of thiocarbonyl (C=S) groups is 1. The van der Waals surface area contributed by atoms with Gasteiger partial charge in [-0.05, 0) is 48.0 Å². The van der Waals surface area contributed by atoms with Gasteiger partial charge < -0.3 is 5.32 Å². The molecule has 0 spiro atoms. The molecule has 4 nitrogen and oxygen atoms in total. The van der Waals surface area contributed by atoms with Crippen LogP contribution in [-0.2, 0) is 0 Å². The average molecular weight is 390 g/mol. The van der Waals surface area contributed by atoms with Crippen LogP contribution in [0.1, 0.15) is 35.7 Å². The lowest BCUT2D eigenvalue weighted by atomic mass is 10.0. The molecule has 0 saturated carbocycles. The number of rotatable bonds is 3. The van der Waals surface area contributed by atoms with Crippen LogP contribution in [0.25, 0.3) is 10.2 Å². The van der Waals surface area contributed by atoms with E-state index in [0.29, 0.717) is 21.6 Å². The van der Waals surface area contributed by atoms with E-state index in [1.165, 1.54) is 16.9 Å². The van der Waals surface area contributed by atoms with Gasteiger partial charge in [0.2, 0.25) is 0 Å². The van der Waals surface area contributed by atoms with Gasteiger partial charge in [0.05, 0.1) is 9.72 Å². The van der Waals surface area contributed by atoms with Gasteiger partial charge in [-0.1, -0.05) is 55.0 Å². The largest absolute Gasteiger partial charge is 0.308 e. The Hall–Kier alpha value is -2.02. The number of thiazole rings is 1. The Balaban J connectivity index is 1.66. The second-order valence-corrected chi connectivity index (χ2v) is 7.64. The molecule has 3 aromatic rings. The summed E-state index contributed by atoms with van der Waals surface area (Å²) in [7, 11) is 0. The lowest BCUT2D eigenvalue weighted by molar-refractivity contribution is 0.0977. The molecule has 0 atom stereocenters. The molecule has 2 aromatic carbocycles. The first kappa shape index (κ1) is 17.8. The van der Waals surface area contributed by atoms with Gasteiger partial charge in [-0.3, -0.25) is 10.1 Å². The number of nitrogens with zero attached hydrogens (tertiary/aromatic N) is 1. The Labute approximate surface area is 160 Å². The summed E-state index contributed by atoms with van der Waals surface area (Å²) >= 11 is 12.8.